The van der Waals surface area contributed by atoms with Crippen molar-refractivity contribution in [1.29, 1.82) is 0 Å². The van der Waals surface area contributed by atoms with Crippen LogP contribution < -0.4 is 0 Å². The van der Waals surface area contributed by atoms with E-state index in [4.69, 9.17) is 0 Å². The number of nitrogens with zero attached hydrogens (tertiary/aromatic N) is 4. The van der Waals surface area contributed by atoms with Gasteiger partial charge in [0.25, 0.3) is 0 Å². The molecule has 1 aromatic rings. The molecule has 0 spiro atoms. The van der Waals surface area contributed by atoms with Gasteiger partial charge in [-0.2, -0.15) is 5.10 Å². The molecule has 2 heterocycles. The van der Waals surface area contributed by atoms with E-state index >= 15 is 0 Å². The van der Waals surface area contributed by atoms with Crippen LogP contribution in [0.3, 0.4) is 0 Å². The van der Waals surface area contributed by atoms with Gasteiger partial charge < -0.3 is 10.0 Å². The van der Waals surface area contributed by atoms with Crippen LogP contribution in [0.1, 0.15) is 64.6 Å². The lowest BCUT2D eigenvalue weighted by atomic mass is 9.89. The Labute approximate surface area is 138 Å². The highest BCUT2D eigenvalue weighted by atomic mass is 16.3. The van der Waals surface area contributed by atoms with E-state index in [-0.39, 0.29) is 5.91 Å². The Kier molecular flexibility index (Phi) is 6.16. The number of carbonyl (C=O) groups excluding carboxylic acids is 1. The van der Waals surface area contributed by atoms with Crippen LogP contribution in [0.4, 0.5) is 0 Å². The van der Waals surface area contributed by atoms with Gasteiger partial charge in [0, 0.05) is 39.4 Å². The van der Waals surface area contributed by atoms with Crippen LogP contribution in [0.25, 0.3) is 0 Å². The Hall–Kier alpha value is -1.43. The summed E-state index contributed by atoms with van der Waals surface area (Å²) in [7, 11) is 1.79. The highest BCUT2D eigenvalue weighted by Gasteiger charge is 2.38. The van der Waals surface area contributed by atoms with E-state index in [2.05, 4.69) is 23.9 Å². The topological polar surface area (TPSA) is 71.2 Å². The number of rotatable bonds is 7. The Bertz CT molecular complexity index is 506. The molecule has 1 aliphatic heterocycles. The molecular weight excluding hydrogens is 292 g/mol. The summed E-state index contributed by atoms with van der Waals surface area (Å²) in [6.07, 6.45) is 7.71. The smallest absolute Gasteiger partial charge is 0.222 e. The van der Waals surface area contributed by atoms with Gasteiger partial charge in [-0.1, -0.05) is 33.1 Å². The predicted octanol–water partition coefficient (Wildman–Crippen LogP) is 2.23. The molecule has 0 aromatic carbocycles. The third-order valence-electron chi connectivity index (χ3n) is 5.08. The molecule has 1 unspecified atom stereocenters. The van der Waals surface area contributed by atoms with Gasteiger partial charge in [-0.15, -0.1) is 0 Å². The third kappa shape index (κ3) is 4.31. The van der Waals surface area contributed by atoms with E-state index < -0.39 is 5.60 Å². The summed E-state index contributed by atoms with van der Waals surface area (Å²) in [5.74, 6) is 1.31. The van der Waals surface area contributed by atoms with Crippen molar-refractivity contribution in [2.45, 2.75) is 64.4 Å². The molecular formula is C17H30N4O2. The van der Waals surface area contributed by atoms with E-state index in [1.165, 1.54) is 19.2 Å². The quantitative estimate of drug-likeness (QED) is 0.835. The van der Waals surface area contributed by atoms with Crippen LogP contribution in [0, 0.1) is 5.92 Å². The first-order valence-corrected chi connectivity index (χ1v) is 8.84. The van der Waals surface area contributed by atoms with E-state index in [0.29, 0.717) is 44.1 Å². The second-order valence-corrected chi connectivity index (χ2v) is 6.74. The van der Waals surface area contributed by atoms with Crippen molar-refractivity contribution < 1.29 is 9.90 Å². The second kappa shape index (κ2) is 7.90. The fraction of sp³-hybridized carbons (Fsp3) is 0.824. The minimum Gasteiger partial charge on any atom is -0.382 e. The normalized spacial score (nSPS) is 18.9. The molecule has 130 valence electrons. The lowest BCUT2D eigenvalue weighted by Gasteiger charge is -2.37. The number of aliphatic hydroxyl groups is 1. The number of unbranched alkanes of at least 4 members (excludes halogenated alkanes) is 1. The zero-order chi connectivity index (χ0) is 16.9. The Balaban J connectivity index is 1.88. The standard InChI is InChI=1S/C17H30N4O2/c1-4-6-7-14(5-2)12-15(22)21-10-8-17(23,9-11-21)16-18-13-19-20(16)3/h13-14,23H,4-12H2,1-3H3. The van der Waals surface area contributed by atoms with Crippen molar-refractivity contribution in [3.8, 4) is 0 Å². The van der Waals surface area contributed by atoms with Gasteiger partial charge in [0.15, 0.2) is 5.82 Å². The summed E-state index contributed by atoms with van der Waals surface area (Å²) in [5.41, 5.74) is -0.964. The van der Waals surface area contributed by atoms with E-state index in [1.54, 1.807) is 11.7 Å². The molecule has 0 bridgehead atoms. The van der Waals surface area contributed by atoms with Crippen molar-refractivity contribution >= 4 is 5.91 Å². The Morgan fingerprint density at radius 1 is 1.39 bits per heavy atom. The number of carbonyl (C=O) groups is 1. The molecule has 1 aliphatic rings. The third-order valence-corrected chi connectivity index (χ3v) is 5.08. The minimum atomic E-state index is -0.964. The van der Waals surface area contributed by atoms with E-state index in [9.17, 15) is 9.90 Å². The van der Waals surface area contributed by atoms with Crippen LogP contribution in [-0.2, 0) is 17.4 Å². The lowest BCUT2D eigenvalue weighted by Crippen LogP contribution is -2.46. The fourth-order valence-corrected chi connectivity index (χ4v) is 3.39. The fourth-order valence-electron chi connectivity index (χ4n) is 3.39. The monoisotopic (exact) mass is 322 g/mol. The van der Waals surface area contributed by atoms with E-state index in [1.807, 2.05) is 4.90 Å². The number of amides is 1. The van der Waals surface area contributed by atoms with Gasteiger partial charge >= 0.3 is 0 Å². The molecule has 1 atom stereocenters. The number of aryl methyl sites for hydroxylation is 1. The second-order valence-electron chi connectivity index (χ2n) is 6.74. The molecule has 1 aromatic heterocycles. The Morgan fingerprint density at radius 2 is 2.09 bits per heavy atom. The van der Waals surface area contributed by atoms with Gasteiger partial charge in [-0.3, -0.25) is 9.48 Å². The number of likely N-dealkylation sites (tertiary alicyclic amines) is 1. The van der Waals surface area contributed by atoms with Crippen molar-refractivity contribution in [3.05, 3.63) is 12.2 Å². The summed E-state index contributed by atoms with van der Waals surface area (Å²) in [6.45, 7) is 5.53. The van der Waals surface area contributed by atoms with Gasteiger partial charge in [0.05, 0.1) is 0 Å². The zero-order valence-corrected chi connectivity index (χ0v) is 14.7. The summed E-state index contributed by atoms with van der Waals surface area (Å²) < 4.78 is 1.62. The number of aromatic nitrogens is 3. The first kappa shape index (κ1) is 17.9. The molecule has 2 rings (SSSR count). The molecule has 1 N–H and O–H groups in total. The van der Waals surface area contributed by atoms with Gasteiger partial charge in [0.1, 0.15) is 11.9 Å². The SMILES string of the molecule is CCCCC(CC)CC(=O)N1CCC(O)(c2ncnn2C)CC1. The molecule has 1 amide bonds. The lowest BCUT2D eigenvalue weighted by molar-refractivity contribution is -0.137. The highest BCUT2D eigenvalue weighted by molar-refractivity contribution is 5.76. The van der Waals surface area contributed by atoms with Crippen LogP contribution in [-0.4, -0.2) is 43.8 Å². The van der Waals surface area contributed by atoms with Crippen LogP contribution in [0.15, 0.2) is 6.33 Å². The molecule has 23 heavy (non-hydrogen) atoms. The maximum Gasteiger partial charge on any atom is 0.222 e. The van der Waals surface area contributed by atoms with Crippen molar-refractivity contribution in [3.63, 3.8) is 0 Å². The van der Waals surface area contributed by atoms with Crippen LogP contribution in [0.2, 0.25) is 0 Å². The average Bonchev–Trinajstić information content (AvgIpc) is 2.98. The molecule has 1 saturated heterocycles. The van der Waals surface area contributed by atoms with Crippen molar-refractivity contribution in [2.24, 2.45) is 13.0 Å². The molecule has 6 heteroatoms. The van der Waals surface area contributed by atoms with Gasteiger partial charge in [-0.25, -0.2) is 4.98 Å². The van der Waals surface area contributed by atoms with Crippen molar-refractivity contribution in [2.75, 3.05) is 13.1 Å². The number of hydrogen-bond acceptors (Lipinski definition) is 4. The highest BCUT2D eigenvalue weighted by Crippen LogP contribution is 2.31. The number of hydrogen-bond donors (Lipinski definition) is 1. The summed E-state index contributed by atoms with van der Waals surface area (Å²) in [4.78, 5) is 18.6. The van der Waals surface area contributed by atoms with Crippen molar-refractivity contribution in [1.82, 2.24) is 19.7 Å². The molecule has 0 aliphatic carbocycles. The first-order valence-electron chi connectivity index (χ1n) is 8.84. The summed E-state index contributed by atoms with van der Waals surface area (Å²) >= 11 is 0. The summed E-state index contributed by atoms with van der Waals surface area (Å²) in [6, 6.07) is 0. The molecule has 0 saturated carbocycles. The van der Waals surface area contributed by atoms with Crippen LogP contribution in [0.5, 0.6) is 0 Å². The first-order chi connectivity index (χ1) is 11.0. The van der Waals surface area contributed by atoms with Crippen LogP contribution >= 0.6 is 0 Å². The molecule has 6 nitrogen and oxygen atoms in total. The van der Waals surface area contributed by atoms with E-state index in [0.717, 1.165) is 12.8 Å². The maximum absolute atomic E-state index is 12.5. The average molecular weight is 322 g/mol. The summed E-state index contributed by atoms with van der Waals surface area (Å²) in [5, 5.41) is 14.8. The molecule has 1 fully saturated rings. The zero-order valence-electron chi connectivity index (χ0n) is 14.7. The Morgan fingerprint density at radius 3 is 2.61 bits per heavy atom. The minimum absolute atomic E-state index is 0.230. The maximum atomic E-state index is 12.5. The van der Waals surface area contributed by atoms with Gasteiger partial charge in [-0.05, 0) is 12.3 Å². The number of piperidine rings is 1. The van der Waals surface area contributed by atoms with Gasteiger partial charge in [0.2, 0.25) is 5.91 Å². The largest absolute Gasteiger partial charge is 0.382 e. The molecule has 0 radical (unpaired) electrons. The predicted molar refractivity (Wildman–Crippen MR) is 88.6 cm³/mol.